The fourth-order valence-corrected chi connectivity index (χ4v) is 3.36. The number of rotatable bonds is 2. The Kier molecular flexibility index (Phi) is 4.31. The molecule has 0 aromatic carbocycles. The molecule has 0 amide bonds. The molecule has 1 spiro atoms. The molecule has 0 aromatic rings. The minimum Gasteiger partial charge on any atom is -0.324 e. The van der Waals surface area contributed by atoms with Crippen LogP contribution in [0.1, 0.15) is 46.5 Å². The van der Waals surface area contributed by atoms with E-state index in [1.807, 2.05) is 0 Å². The monoisotopic (exact) mass is 246 g/mol. The normalized spacial score (nSPS) is 29.6. The molecular weight excluding hydrogens is 220 g/mol. The molecule has 1 aliphatic carbocycles. The summed E-state index contributed by atoms with van der Waals surface area (Å²) in [6.45, 7) is 10.3. The van der Waals surface area contributed by atoms with Crippen molar-refractivity contribution < 1.29 is 0 Å². The highest BCUT2D eigenvalue weighted by Crippen LogP contribution is 2.50. The van der Waals surface area contributed by atoms with E-state index in [0.717, 1.165) is 12.5 Å². The topological polar surface area (TPSA) is 29.3 Å². The van der Waals surface area contributed by atoms with Gasteiger partial charge in [-0.05, 0) is 51.0 Å². The molecule has 2 N–H and O–H groups in total. The first kappa shape index (κ1) is 14.3. The van der Waals surface area contributed by atoms with Crippen molar-refractivity contribution in [2.24, 2.45) is 17.1 Å². The molecular formula is C13H27ClN2. The fraction of sp³-hybridized carbons (Fsp3) is 1.00. The maximum Gasteiger partial charge on any atom is 0.0226 e. The molecule has 0 radical (unpaired) electrons. The van der Waals surface area contributed by atoms with Crippen LogP contribution in [0.25, 0.3) is 0 Å². The lowest BCUT2D eigenvalue weighted by atomic mass is 9.59. The maximum absolute atomic E-state index is 6.11. The lowest BCUT2D eigenvalue weighted by Gasteiger charge is -2.54. The number of piperidine rings is 1. The Morgan fingerprint density at radius 3 is 2.44 bits per heavy atom. The maximum atomic E-state index is 6.11. The van der Waals surface area contributed by atoms with E-state index in [4.69, 9.17) is 5.73 Å². The van der Waals surface area contributed by atoms with Gasteiger partial charge in [0.1, 0.15) is 0 Å². The van der Waals surface area contributed by atoms with Gasteiger partial charge in [-0.25, -0.2) is 0 Å². The van der Waals surface area contributed by atoms with E-state index in [1.54, 1.807) is 0 Å². The van der Waals surface area contributed by atoms with Gasteiger partial charge in [0.15, 0.2) is 0 Å². The summed E-state index contributed by atoms with van der Waals surface area (Å²) in [5, 5.41) is 0. The third-order valence-electron chi connectivity index (χ3n) is 4.44. The van der Waals surface area contributed by atoms with Gasteiger partial charge < -0.3 is 10.6 Å². The van der Waals surface area contributed by atoms with Crippen LogP contribution >= 0.6 is 12.4 Å². The van der Waals surface area contributed by atoms with Gasteiger partial charge >= 0.3 is 0 Å². The average molecular weight is 247 g/mol. The minimum absolute atomic E-state index is 0. The highest BCUT2D eigenvalue weighted by Gasteiger charge is 2.45. The van der Waals surface area contributed by atoms with Crippen molar-refractivity contribution in [2.75, 3.05) is 19.6 Å². The first-order valence-corrected chi connectivity index (χ1v) is 6.43. The highest BCUT2D eigenvalue weighted by molar-refractivity contribution is 5.85. The highest BCUT2D eigenvalue weighted by atomic mass is 35.5. The van der Waals surface area contributed by atoms with Crippen LogP contribution in [0, 0.1) is 11.3 Å². The quantitative estimate of drug-likeness (QED) is 0.812. The number of likely N-dealkylation sites (tertiary alicyclic amines) is 1. The van der Waals surface area contributed by atoms with Gasteiger partial charge in [-0.1, -0.05) is 13.3 Å². The fourth-order valence-electron chi connectivity index (χ4n) is 3.36. The Bertz CT molecular complexity index is 231. The summed E-state index contributed by atoms with van der Waals surface area (Å²) in [5.41, 5.74) is 6.74. The zero-order valence-corrected chi connectivity index (χ0v) is 11.8. The Hall–Kier alpha value is 0.210. The van der Waals surface area contributed by atoms with Crippen molar-refractivity contribution in [1.82, 2.24) is 4.90 Å². The summed E-state index contributed by atoms with van der Waals surface area (Å²) >= 11 is 0. The summed E-state index contributed by atoms with van der Waals surface area (Å²) < 4.78 is 0. The van der Waals surface area contributed by atoms with Crippen LogP contribution in [-0.2, 0) is 0 Å². The molecule has 16 heavy (non-hydrogen) atoms. The number of hydrogen-bond acceptors (Lipinski definition) is 2. The van der Waals surface area contributed by atoms with E-state index < -0.39 is 0 Å². The van der Waals surface area contributed by atoms with Crippen LogP contribution in [0.4, 0.5) is 0 Å². The minimum atomic E-state index is -0.0362. The third-order valence-corrected chi connectivity index (χ3v) is 4.44. The molecule has 2 fully saturated rings. The number of nitrogens with zero attached hydrogens (tertiary/aromatic N) is 1. The van der Waals surface area contributed by atoms with Crippen molar-refractivity contribution in [3.63, 3.8) is 0 Å². The molecule has 1 unspecified atom stereocenters. The van der Waals surface area contributed by atoms with Gasteiger partial charge in [-0.2, -0.15) is 0 Å². The predicted octanol–water partition coefficient (Wildman–Crippen LogP) is 2.66. The average Bonchev–Trinajstić information content (AvgIpc) is 2.03. The Morgan fingerprint density at radius 1 is 1.38 bits per heavy atom. The van der Waals surface area contributed by atoms with E-state index in [-0.39, 0.29) is 17.9 Å². The smallest absolute Gasteiger partial charge is 0.0226 e. The molecule has 0 bridgehead atoms. The van der Waals surface area contributed by atoms with Crippen LogP contribution in [-0.4, -0.2) is 30.1 Å². The second-order valence-corrected chi connectivity index (χ2v) is 6.60. The van der Waals surface area contributed by atoms with Gasteiger partial charge in [0.25, 0.3) is 0 Å². The molecule has 1 saturated heterocycles. The van der Waals surface area contributed by atoms with E-state index in [0.29, 0.717) is 5.41 Å². The standard InChI is InChI=1S/C13H26N2.ClH/c1-11-5-8-15(9-12(2,3)14)10-13(11)6-4-7-13;/h11H,4-10,14H2,1-3H3;1H. The number of hydrogen-bond donors (Lipinski definition) is 1. The van der Waals surface area contributed by atoms with E-state index in [9.17, 15) is 0 Å². The number of halogens is 1. The van der Waals surface area contributed by atoms with E-state index >= 15 is 0 Å². The van der Waals surface area contributed by atoms with Crippen molar-refractivity contribution in [3.8, 4) is 0 Å². The Balaban J connectivity index is 0.00000128. The Labute approximate surface area is 106 Å². The summed E-state index contributed by atoms with van der Waals surface area (Å²) in [6.07, 6.45) is 5.73. The van der Waals surface area contributed by atoms with Gasteiger partial charge in [-0.15, -0.1) is 12.4 Å². The largest absolute Gasteiger partial charge is 0.324 e. The van der Waals surface area contributed by atoms with Gasteiger partial charge in [-0.3, -0.25) is 0 Å². The molecule has 2 nitrogen and oxygen atoms in total. The molecule has 2 aliphatic rings. The van der Waals surface area contributed by atoms with Crippen LogP contribution in [0.3, 0.4) is 0 Å². The van der Waals surface area contributed by atoms with Gasteiger partial charge in [0, 0.05) is 18.6 Å². The zero-order chi connectivity index (χ0) is 11.1. The van der Waals surface area contributed by atoms with Gasteiger partial charge in [0.2, 0.25) is 0 Å². The predicted molar refractivity (Wildman–Crippen MR) is 72.0 cm³/mol. The molecule has 0 aromatic heterocycles. The first-order valence-electron chi connectivity index (χ1n) is 6.43. The van der Waals surface area contributed by atoms with Crippen LogP contribution in [0.2, 0.25) is 0 Å². The van der Waals surface area contributed by atoms with Crippen molar-refractivity contribution in [1.29, 1.82) is 0 Å². The summed E-state index contributed by atoms with van der Waals surface area (Å²) in [6, 6.07) is 0. The molecule has 1 heterocycles. The van der Waals surface area contributed by atoms with Crippen LogP contribution in [0.5, 0.6) is 0 Å². The second-order valence-electron chi connectivity index (χ2n) is 6.60. The SMILES string of the molecule is CC1CCN(CC(C)(C)N)CC12CCC2.Cl. The summed E-state index contributed by atoms with van der Waals surface area (Å²) in [4.78, 5) is 2.60. The summed E-state index contributed by atoms with van der Waals surface area (Å²) in [5.74, 6) is 0.934. The van der Waals surface area contributed by atoms with Crippen LogP contribution in [0.15, 0.2) is 0 Å². The van der Waals surface area contributed by atoms with E-state index in [1.165, 1.54) is 38.8 Å². The van der Waals surface area contributed by atoms with Gasteiger partial charge in [0.05, 0.1) is 0 Å². The zero-order valence-electron chi connectivity index (χ0n) is 11.0. The molecule has 1 atom stereocenters. The van der Waals surface area contributed by atoms with Crippen molar-refractivity contribution >= 4 is 12.4 Å². The van der Waals surface area contributed by atoms with Crippen molar-refractivity contribution in [2.45, 2.75) is 52.0 Å². The second kappa shape index (κ2) is 4.83. The molecule has 1 saturated carbocycles. The van der Waals surface area contributed by atoms with E-state index in [2.05, 4.69) is 25.7 Å². The number of nitrogens with two attached hydrogens (primary N) is 1. The summed E-state index contributed by atoms with van der Waals surface area (Å²) in [7, 11) is 0. The lowest BCUT2D eigenvalue weighted by molar-refractivity contribution is -0.0331. The third kappa shape index (κ3) is 2.91. The first-order chi connectivity index (χ1) is 6.91. The Morgan fingerprint density at radius 2 is 2.00 bits per heavy atom. The lowest BCUT2D eigenvalue weighted by Crippen LogP contribution is -2.55. The van der Waals surface area contributed by atoms with Crippen molar-refractivity contribution in [3.05, 3.63) is 0 Å². The molecule has 3 heteroatoms. The molecule has 1 aliphatic heterocycles. The molecule has 2 rings (SSSR count). The van der Waals surface area contributed by atoms with Crippen LogP contribution < -0.4 is 5.73 Å². The molecule has 96 valence electrons.